The van der Waals surface area contributed by atoms with Crippen LogP contribution in [0.2, 0.25) is 0 Å². The maximum Gasteiger partial charge on any atom is 0.322 e. The number of rotatable bonds is 6. The Hall–Kier alpha value is -2.64. The largest absolute Gasteiger partial charge is 0.480 e. The van der Waals surface area contributed by atoms with Gasteiger partial charge in [0.15, 0.2) is 0 Å². The molecule has 0 radical (unpaired) electrons. The van der Waals surface area contributed by atoms with Crippen molar-refractivity contribution in [1.29, 1.82) is 0 Å². The van der Waals surface area contributed by atoms with Crippen LogP contribution in [0.1, 0.15) is 24.0 Å². The molecule has 7 heteroatoms. The van der Waals surface area contributed by atoms with Crippen LogP contribution in [0.5, 0.6) is 0 Å². The van der Waals surface area contributed by atoms with Crippen molar-refractivity contribution in [2.24, 2.45) is 0 Å². The van der Waals surface area contributed by atoms with E-state index in [9.17, 15) is 18.3 Å². The number of para-hydroxylation sites is 1. The number of hydrogen-bond donors (Lipinski definition) is 3. The van der Waals surface area contributed by atoms with E-state index in [1.807, 2.05) is 31.2 Å². The van der Waals surface area contributed by atoms with E-state index >= 15 is 0 Å². The molecule has 0 saturated heterocycles. The maximum atomic E-state index is 12.6. The van der Waals surface area contributed by atoms with Crippen LogP contribution in [0, 0.1) is 6.92 Å². The van der Waals surface area contributed by atoms with Gasteiger partial charge in [-0.15, -0.1) is 0 Å². The lowest BCUT2D eigenvalue weighted by Gasteiger charge is -2.21. The van der Waals surface area contributed by atoms with Crippen molar-refractivity contribution >= 4 is 26.9 Å². The van der Waals surface area contributed by atoms with Gasteiger partial charge in [-0.25, -0.2) is 8.42 Å². The fraction of sp³-hybridized carbons (Fsp3) is 0.211. The van der Waals surface area contributed by atoms with Crippen LogP contribution in [0.25, 0.3) is 10.9 Å². The number of carboxylic acid groups (broad SMARTS) is 1. The fourth-order valence-electron chi connectivity index (χ4n) is 2.97. The highest BCUT2D eigenvalue weighted by molar-refractivity contribution is 7.89. The summed E-state index contributed by atoms with van der Waals surface area (Å²) in [5, 5.41) is 10.5. The van der Waals surface area contributed by atoms with Crippen molar-refractivity contribution in [2.75, 3.05) is 0 Å². The molecule has 1 heterocycles. The molecule has 2 aromatic carbocycles. The summed E-state index contributed by atoms with van der Waals surface area (Å²) in [5.74, 6) is -1.79. The van der Waals surface area contributed by atoms with Crippen LogP contribution in [0.3, 0.4) is 0 Å². The Kier molecular flexibility index (Phi) is 4.84. The molecule has 0 fully saturated rings. The standard InChI is InChI=1S/C19H20N2O4S/c1-12-7-9-14(10-8-12)26(24,25)21-18(19(22)23)13(2)16-11-20-17-6-4-3-5-15(16)17/h3-11,13,18,20-21H,1-2H3,(H,22,23)/t13-,18+/m1/s1. The summed E-state index contributed by atoms with van der Waals surface area (Å²) in [7, 11) is -3.95. The molecule has 0 amide bonds. The van der Waals surface area contributed by atoms with E-state index in [1.54, 1.807) is 25.3 Å². The highest BCUT2D eigenvalue weighted by Gasteiger charge is 2.32. The minimum Gasteiger partial charge on any atom is -0.480 e. The molecular weight excluding hydrogens is 352 g/mol. The third-order valence-electron chi connectivity index (χ3n) is 4.49. The number of H-pyrrole nitrogens is 1. The number of sulfonamides is 1. The molecule has 136 valence electrons. The summed E-state index contributed by atoms with van der Waals surface area (Å²) in [4.78, 5) is 14.9. The van der Waals surface area contributed by atoms with Gasteiger partial charge in [0, 0.05) is 23.0 Å². The topological polar surface area (TPSA) is 99.3 Å². The van der Waals surface area contributed by atoms with Gasteiger partial charge in [-0.3, -0.25) is 4.79 Å². The molecule has 0 aliphatic carbocycles. The van der Waals surface area contributed by atoms with Gasteiger partial charge in [0.05, 0.1) is 4.90 Å². The van der Waals surface area contributed by atoms with Gasteiger partial charge in [-0.1, -0.05) is 42.8 Å². The maximum absolute atomic E-state index is 12.6. The Balaban J connectivity index is 1.94. The van der Waals surface area contributed by atoms with E-state index in [2.05, 4.69) is 9.71 Å². The van der Waals surface area contributed by atoms with E-state index in [4.69, 9.17) is 0 Å². The highest BCUT2D eigenvalue weighted by atomic mass is 32.2. The molecular formula is C19H20N2O4S. The van der Waals surface area contributed by atoms with Crippen LogP contribution in [-0.4, -0.2) is 30.5 Å². The quantitative estimate of drug-likeness (QED) is 0.619. The average molecular weight is 372 g/mol. The molecule has 6 nitrogen and oxygen atoms in total. The molecule has 0 unspecified atom stereocenters. The van der Waals surface area contributed by atoms with E-state index in [-0.39, 0.29) is 4.90 Å². The Morgan fingerprint density at radius 3 is 2.42 bits per heavy atom. The van der Waals surface area contributed by atoms with Crippen molar-refractivity contribution in [3.63, 3.8) is 0 Å². The number of nitrogens with one attached hydrogen (secondary N) is 2. The van der Waals surface area contributed by atoms with E-state index in [0.29, 0.717) is 0 Å². The SMILES string of the molecule is Cc1ccc(S(=O)(=O)N[C@H](C(=O)O)[C@H](C)c2c[nH]c3ccccc23)cc1. The van der Waals surface area contributed by atoms with Gasteiger partial charge in [-0.05, 0) is 30.7 Å². The molecule has 0 spiro atoms. The normalized spacial score (nSPS) is 14.2. The van der Waals surface area contributed by atoms with Crippen molar-refractivity contribution in [3.8, 4) is 0 Å². The second-order valence-electron chi connectivity index (χ2n) is 6.33. The molecule has 2 atom stereocenters. The van der Waals surface area contributed by atoms with Gasteiger partial charge >= 0.3 is 5.97 Å². The van der Waals surface area contributed by atoms with Crippen LogP contribution >= 0.6 is 0 Å². The first-order valence-electron chi connectivity index (χ1n) is 8.17. The number of aromatic amines is 1. The zero-order valence-electron chi connectivity index (χ0n) is 14.4. The number of aromatic nitrogens is 1. The molecule has 3 N–H and O–H groups in total. The monoisotopic (exact) mass is 372 g/mol. The van der Waals surface area contributed by atoms with E-state index < -0.39 is 28.0 Å². The molecule has 1 aromatic heterocycles. The van der Waals surface area contributed by atoms with Gasteiger partial charge in [0.25, 0.3) is 0 Å². The number of aryl methyl sites for hydroxylation is 1. The Morgan fingerprint density at radius 2 is 1.77 bits per heavy atom. The zero-order valence-corrected chi connectivity index (χ0v) is 15.2. The third kappa shape index (κ3) is 3.49. The van der Waals surface area contributed by atoms with Gasteiger partial charge in [-0.2, -0.15) is 4.72 Å². The van der Waals surface area contributed by atoms with Gasteiger partial charge < -0.3 is 10.1 Å². The second-order valence-corrected chi connectivity index (χ2v) is 8.04. The van der Waals surface area contributed by atoms with Crippen LogP contribution in [0.4, 0.5) is 0 Å². The first kappa shape index (κ1) is 18.2. The summed E-state index contributed by atoms with van der Waals surface area (Å²) in [6, 6.07) is 12.5. The first-order chi connectivity index (χ1) is 12.3. The summed E-state index contributed by atoms with van der Waals surface area (Å²) < 4.78 is 27.6. The first-order valence-corrected chi connectivity index (χ1v) is 9.66. The molecule has 3 aromatic rings. The number of aliphatic carboxylic acids is 1. The molecule has 0 aliphatic rings. The Bertz CT molecular complexity index is 1040. The zero-order chi connectivity index (χ0) is 18.9. The van der Waals surface area contributed by atoms with Crippen molar-refractivity contribution in [2.45, 2.75) is 30.7 Å². The van der Waals surface area contributed by atoms with E-state index in [1.165, 1.54) is 12.1 Å². The predicted octanol–water partition coefficient (Wildman–Crippen LogP) is 3.01. The lowest BCUT2D eigenvalue weighted by molar-refractivity contribution is -0.139. The number of benzene rings is 2. The second kappa shape index (κ2) is 6.93. The Labute approximate surface area is 151 Å². The number of hydrogen-bond acceptors (Lipinski definition) is 3. The smallest absolute Gasteiger partial charge is 0.322 e. The lowest BCUT2D eigenvalue weighted by Crippen LogP contribution is -2.44. The molecule has 0 aliphatic heterocycles. The van der Waals surface area contributed by atoms with Gasteiger partial charge in [0.2, 0.25) is 10.0 Å². The minimum atomic E-state index is -3.95. The van der Waals surface area contributed by atoms with Crippen molar-refractivity contribution in [3.05, 3.63) is 65.9 Å². The van der Waals surface area contributed by atoms with Crippen LogP contribution in [-0.2, 0) is 14.8 Å². The lowest BCUT2D eigenvalue weighted by atomic mass is 9.93. The highest BCUT2D eigenvalue weighted by Crippen LogP contribution is 2.28. The molecule has 0 saturated carbocycles. The van der Waals surface area contributed by atoms with Crippen LogP contribution < -0.4 is 4.72 Å². The van der Waals surface area contributed by atoms with E-state index in [0.717, 1.165) is 22.0 Å². The molecule has 26 heavy (non-hydrogen) atoms. The summed E-state index contributed by atoms with van der Waals surface area (Å²) >= 11 is 0. The minimum absolute atomic E-state index is 0.0421. The molecule has 3 rings (SSSR count). The molecule has 0 bridgehead atoms. The van der Waals surface area contributed by atoms with Crippen LogP contribution in [0.15, 0.2) is 59.6 Å². The summed E-state index contributed by atoms with van der Waals surface area (Å²) in [5.41, 5.74) is 2.55. The van der Waals surface area contributed by atoms with Crippen molar-refractivity contribution in [1.82, 2.24) is 9.71 Å². The number of fused-ring (bicyclic) bond motifs is 1. The predicted molar refractivity (Wildman–Crippen MR) is 99.6 cm³/mol. The fourth-order valence-corrected chi connectivity index (χ4v) is 4.24. The summed E-state index contributed by atoms with van der Waals surface area (Å²) in [6.07, 6.45) is 1.73. The summed E-state index contributed by atoms with van der Waals surface area (Å²) in [6.45, 7) is 3.55. The number of carboxylic acids is 1. The Morgan fingerprint density at radius 1 is 1.12 bits per heavy atom. The van der Waals surface area contributed by atoms with Crippen molar-refractivity contribution < 1.29 is 18.3 Å². The average Bonchev–Trinajstić information content (AvgIpc) is 3.03. The van der Waals surface area contributed by atoms with Gasteiger partial charge in [0.1, 0.15) is 6.04 Å². The third-order valence-corrected chi connectivity index (χ3v) is 5.95. The number of carbonyl (C=O) groups is 1.